The number of benzene rings is 2. The van der Waals surface area contributed by atoms with Crippen LogP contribution in [0.25, 0.3) is 11.3 Å². The largest absolute Gasteiger partial charge is 0.301 e. The Balaban J connectivity index is 1.13. The molecule has 2 heterocycles. The number of unbranched alkanes of at least 4 members (excludes halogenated alkanes) is 2. The molecular weight excluding hydrogens is 384 g/mol. The third-order valence-electron chi connectivity index (χ3n) is 6.04. The number of aryl methyl sites for hydroxylation is 1. The van der Waals surface area contributed by atoms with Crippen molar-refractivity contribution < 1.29 is 0 Å². The highest BCUT2D eigenvalue weighted by atomic mass is 16.1. The molecule has 0 radical (unpaired) electrons. The van der Waals surface area contributed by atoms with Gasteiger partial charge in [0.25, 0.3) is 5.56 Å². The van der Waals surface area contributed by atoms with Gasteiger partial charge in [0.1, 0.15) is 0 Å². The molecule has 4 rings (SSSR count). The third kappa shape index (κ3) is 6.36. The molecule has 1 aliphatic heterocycles. The fourth-order valence-corrected chi connectivity index (χ4v) is 4.17. The van der Waals surface area contributed by atoms with Gasteiger partial charge < -0.3 is 4.90 Å². The first kappa shape index (κ1) is 21.5. The van der Waals surface area contributed by atoms with E-state index in [1.54, 1.807) is 17.0 Å². The minimum atomic E-state index is 0.0309. The van der Waals surface area contributed by atoms with Crippen LogP contribution in [0.2, 0.25) is 0 Å². The van der Waals surface area contributed by atoms with E-state index in [9.17, 15) is 4.79 Å². The molecule has 0 atom stereocenters. The summed E-state index contributed by atoms with van der Waals surface area (Å²) < 4.78 is 1.73. The van der Waals surface area contributed by atoms with Crippen LogP contribution in [0.4, 0.5) is 0 Å². The quantitative estimate of drug-likeness (QED) is 0.496. The van der Waals surface area contributed by atoms with E-state index < -0.39 is 0 Å². The van der Waals surface area contributed by atoms with Crippen molar-refractivity contribution in [2.45, 2.75) is 32.4 Å². The van der Waals surface area contributed by atoms with Crippen molar-refractivity contribution >= 4 is 0 Å². The fraction of sp³-hybridized carbons (Fsp3) is 0.385. The van der Waals surface area contributed by atoms with Crippen molar-refractivity contribution in [1.82, 2.24) is 19.4 Å². The van der Waals surface area contributed by atoms with Crippen molar-refractivity contribution in [1.29, 1.82) is 0 Å². The summed E-state index contributed by atoms with van der Waals surface area (Å²) in [6.07, 6.45) is 5.02. The lowest BCUT2D eigenvalue weighted by molar-refractivity contribution is 0.125. The average molecular weight is 417 g/mol. The first-order valence-electron chi connectivity index (χ1n) is 11.4. The van der Waals surface area contributed by atoms with Gasteiger partial charge in [-0.05, 0) is 24.9 Å². The summed E-state index contributed by atoms with van der Waals surface area (Å²) in [5, 5.41) is 0. The Morgan fingerprint density at radius 2 is 1.39 bits per heavy atom. The van der Waals surface area contributed by atoms with Crippen LogP contribution in [0, 0.1) is 0 Å². The SMILES string of the molecule is O=c1cc(-c2ccccc2)ncn1CCCCCN1CCN(Cc2ccccc2)CC1. The van der Waals surface area contributed by atoms with Crippen molar-refractivity contribution in [3.63, 3.8) is 0 Å². The van der Waals surface area contributed by atoms with Crippen LogP contribution in [0.5, 0.6) is 0 Å². The minimum absolute atomic E-state index is 0.0309. The molecule has 0 amide bonds. The third-order valence-corrected chi connectivity index (χ3v) is 6.04. The number of rotatable bonds is 9. The summed E-state index contributed by atoms with van der Waals surface area (Å²) in [6, 6.07) is 22.2. The smallest absolute Gasteiger partial charge is 0.253 e. The zero-order valence-corrected chi connectivity index (χ0v) is 18.2. The molecule has 0 bridgehead atoms. The second-order valence-corrected chi connectivity index (χ2v) is 8.34. The van der Waals surface area contributed by atoms with Crippen LogP contribution in [0.3, 0.4) is 0 Å². The maximum atomic E-state index is 12.4. The van der Waals surface area contributed by atoms with Crippen molar-refractivity contribution in [3.8, 4) is 11.3 Å². The second-order valence-electron chi connectivity index (χ2n) is 8.34. The highest BCUT2D eigenvalue weighted by Gasteiger charge is 2.16. The molecule has 1 aliphatic rings. The molecule has 3 aromatic rings. The maximum Gasteiger partial charge on any atom is 0.253 e. The summed E-state index contributed by atoms with van der Waals surface area (Å²) in [5.74, 6) is 0. The van der Waals surface area contributed by atoms with Crippen LogP contribution in [-0.4, -0.2) is 52.1 Å². The Bertz CT molecular complexity index is 979. The van der Waals surface area contributed by atoms with E-state index in [4.69, 9.17) is 0 Å². The van der Waals surface area contributed by atoms with E-state index in [0.29, 0.717) is 0 Å². The zero-order valence-electron chi connectivity index (χ0n) is 18.2. The summed E-state index contributed by atoms with van der Waals surface area (Å²) in [6.45, 7) is 7.54. The van der Waals surface area contributed by atoms with Gasteiger partial charge in [0.05, 0.1) is 12.0 Å². The van der Waals surface area contributed by atoms with E-state index >= 15 is 0 Å². The van der Waals surface area contributed by atoms with Gasteiger partial charge in [-0.15, -0.1) is 0 Å². The van der Waals surface area contributed by atoms with E-state index in [0.717, 1.165) is 69.9 Å². The number of aromatic nitrogens is 2. The van der Waals surface area contributed by atoms with Crippen molar-refractivity contribution in [2.75, 3.05) is 32.7 Å². The van der Waals surface area contributed by atoms with Gasteiger partial charge in [0.15, 0.2) is 0 Å². The van der Waals surface area contributed by atoms with Crippen LogP contribution in [-0.2, 0) is 13.1 Å². The van der Waals surface area contributed by atoms with Gasteiger partial charge in [-0.3, -0.25) is 14.3 Å². The van der Waals surface area contributed by atoms with E-state index in [-0.39, 0.29) is 5.56 Å². The monoisotopic (exact) mass is 416 g/mol. The molecule has 1 saturated heterocycles. The summed E-state index contributed by atoms with van der Waals surface area (Å²) in [5.41, 5.74) is 3.16. The Kier molecular flexibility index (Phi) is 7.64. The fourth-order valence-electron chi connectivity index (χ4n) is 4.17. The van der Waals surface area contributed by atoms with Crippen molar-refractivity contribution in [3.05, 3.63) is 89.0 Å². The topological polar surface area (TPSA) is 41.4 Å². The Labute approximate surface area is 185 Å². The number of piperazine rings is 1. The standard InChI is InChI=1S/C26H32N4O/c31-26-20-25(24-12-6-2-7-13-24)27-22-30(26)15-9-3-8-14-28-16-18-29(19-17-28)21-23-10-4-1-5-11-23/h1-2,4-7,10-13,20,22H,3,8-9,14-19,21H2. The lowest BCUT2D eigenvalue weighted by atomic mass is 10.1. The molecule has 0 spiro atoms. The van der Waals surface area contributed by atoms with Gasteiger partial charge in [0, 0.05) is 50.9 Å². The first-order chi connectivity index (χ1) is 15.3. The normalized spacial score (nSPS) is 15.2. The van der Waals surface area contributed by atoms with E-state index in [2.05, 4.69) is 45.1 Å². The Morgan fingerprint density at radius 3 is 2.10 bits per heavy atom. The lowest BCUT2D eigenvalue weighted by Crippen LogP contribution is -2.46. The number of hydrogen-bond donors (Lipinski definition) is 0. The van der Waals surface area contributed by atoms with Crippen molar-refractivity contribution in [2.24, 2.45) is 0 Å². The molecule has 1 fully saturated rings. The number of hydrogen-bond acceptors (Lipinski definition) is 4. The molecular formula is C26H32N4O. The van der Waals surface area contributed by atoms with E-state index in [1.807, 2.05) is 30.3 Å². The minimum Gasteiger partial charge on any atom is -0.301 e. The molecule has 0 unspecified atom stereocenters. The van der Waals surface area contributed by atoms with Gasteiger partial charge >= 0.3 is 0 Å². The molecule has 0 N–H and O–H groups in total. The lowest BCUT2D eigenvalue weighted by Gasteiger charge is -2.34. The highest BCUT2D eigenvalue weighted by molar-refractivity contribution is 5.57. The van der Waals surface area contributed by atoms with Crippen LogP contribution >= 0.6 is 0 Å². The first-order valence-corrected chi connectivity index (χ1v) is 11.4. The van der Waals surface area contributed by atoms with Crippen LogP contribution < -0.4 is 5.56 Å². The average Bonchev–Trinajstić information content (AvgIpc) is 2.82. The number of nitrogens with zero attached hydrogens (tertiary/aromatic N) is 4. The molecule has 1 aromatic heterocycles. The summed E-state index contributed by atoms with van der Waals surface area (Å²) in [7, 11) is 0. The highest BCUT2D eigenvalue weighted by Crippen LogP contribution is 2.14. The predicted molar refractivity (Wildman–Crippen MR) is 126 cm³/mol. The summed E-state index contributed by atoms with van der Waals surface area (Å²) in [4.78, 5) is 22.0. The molecule has 5 heteroatoms. The molecule has 5 nitrogen and oxygen atoms in total. The molecule has 0 saturated carbocycles. The molecule has 162 valence electrons. The Hall–Kier alpha value is -2.76. The summed E-state index contributed by atoms with van der Waals surface area (Å²) >= 11 is 0. The maximum absolute atomic E-state index is 12.4. The van der Waals surface area contributed by atoms with Gasteiger partial charge in [-0.25, -0.2) is 4.98 Å². The van der Waals surface area contributed by atoms with Gasteiger partial charge in [-0.2, -0.15) is 0 Å². The predicted octanol–water partition coefficient (Wildman–Crippen LogP) is 3.90. The van der Waals surface area contributed by atoms with Gasteiger partial charge in [0.2, 0.25) is 0 Å². The molecule has 2 aromatic carbocycles. The van der Waals surface area contributed by atoms with Crippen LogP contribution in [0.1, 0.15) is 24.8 Å². The van der Waals surface area contributed by atoms with Crippen LogP contribution in [0.15, 0.2) is 77.9 Å². The molecule has 0 aliphatic carbocycles. The zero-order chi connectivity index (χ0) is 21.3. The van der Waals surface area contributed by atoms with Gasteiger partial charge in [-0.1, -0.05) is 67.1 Å². The Morgan fingerprint density at radius 1 is 0.742 bits per heavy atom. The molecule has 31 heavy (non-hydrogen) atoms. The second kappa shape index (κ2) is 11.0. The van der Waals surface area contributed by atoms with E-state index in [1.165, 1.54) is 12.0 Å².